The van der Waals surface area contributed by atoms with Crippen LogP contribution in [0.3, 0.4) is 0 Å². The molecule has 1 unspecified atom stereocenters. The first-order chi connectivity index (χ1) is 10.1. The Kier molecular flexibility index (Phi) is 3.96. The van der Waals surface area contributed by atoms with Crippen molar-refractivity contribution >= 4 is 10.9 Å². The summed E-state index contributed by atoms with van der Waals surface area (Å²) in [7, 11) is 0. The van der Waals surface area contributed by atoms with Crippen LogP contribution in [0.4, 0.5) is 13.2 Å². The van der Waals surface area contributed by atoms with Crippen molar-refractivity contribution in [1.29, 1.82) is 5.26 Å². The summed E-state index contributed by atoms with van der Waals surface area (Å²) >= 11 is 0. The van der Waals surface area contributed by atoms with Crippen LogP contribution < -0.4 is 0 Å². The van der Waals surface area contributed by atoms with E-state index >= 15 is 0 Å². The van der Waals surface area contributed by atoms with Gasteiger partial charge in [0.05, 0.1) is 28.8 Å². The second-order valence-corrected chi connectivity index (χ2v) is 5.83. The van der Waals surface area contributed by atoms with Crippen LogP contribution in [-0.2, 0) is 6.18 Å². The molecular formula is C16H17F3N2O. The molecule has 118 valence electrons. The van der Waals surface area contributed by atoms with Gasteiger partial charge in [0.2, 0.25) is 0 Å². The molecule has 6 heteroatoms. The van der Waals surface area contributed by atoms with Crippen molar-refractivity contribution in [3.63, 3.8) is 0 Å². The summed E-state index contributed by atoms with van der Waals surface area (Å²) < 4.78 is 41.5. The minimum atomic E-state index is -4.60. The van der Waals surface area contributed by atoms with Gasteiger partial charge < -0.3 is 9.67 Å². The first-order valence-corrected chi connectivity index (χ1v) is 6.94. The molecule has 22 heavy (non-hydrogen) atoms. The van der Waals surface area contributed by atoms with Crippen LogP contribution in [0.2, 0.25) is 0 Å². The number of benzene rings is 1. The molecule has 2 aromatic rings. The Morgan fingerprint density at radius 3 is 2.36 bits per heavy atom. The number of nitrogens with zero attached hydrogens (tertiary/aromatic N) is 2. The SMILES string of the molecule is CCC(n1ccc2c(C(F)(F)F)c(C#N)ccc21)C(C)(C)O. The minimum Gasteiger partial charge on any atom is -0.388 e. The largest absolute Gasteiger partial charge is 0.418 e. The van der Waals surface area contributed by atoms with Gasteiger partial charge in [0, 0.05) is 17.1 Å². The lowest BCUT2D eigenvalue weighted by atomic mass is 9.96. The second kappa shape index (κ2) is 5.33. The van der Waals surface area contributed by atoms with Gasteiger partial charge in [-0.2, -0.15) is 18.4 Å². The summed E-state index contributed by atoms with van der Waals surface area (Å²) in [6.45, 7) is 5.12. The molecule has 1 heterocycles. The molecule has 0 saturated heterocycles. The number of nitriles is 1. The van der Waals surface area contributed by atoms with Gasteiger partial charge in [-0.05, 0) is 38.5 Å². The predicted molar refractivity (Wildman–Crippen MR) is 77.3 cm³/mol. The molecule has 0 aliphatic rings. The van der Waals surface area contributed by atoms with E-state index in [2.05, 4.69) is 0 Å². The fraction of sp³-hybridized carbons (Fsp3) is 0.438. The molecule has 0 radical (unpaired) electrons. The summed E-state index contributed by atoms with van der Waals surface area (Å²) in [6, 6.07) is 5.27. The van der Waals surface area contributed by atoms with Gasteiger partial charge in [0.1, 0.15) is 0 Å². The highest BCUT2D eigenvalue weighted by atomic mass is 19.4. The van der Waals surface area contributed by atoms with E-state index in [-0.39, 0.29) is 11.4 Å². The summed E-state index contributed by atoms with van der Waals surface area (Å²) in [4.78, 5) is 0. The molecule has 1 N–H and O–H groups in total. The molecule has 0 amide bonds. The van der Waals surface area contributed by atoms with Crippen LogP contribution >= 0.6 is 0 Å². The van der Waals surface area contributed by atoms with Gasteiger partial charge in [-0.1, -0.05) is 6.92 Å². The molecule has 1 atom stereocenters. The van der Waals surface area contributed by atoms with Crippen LogP contribution in [-0.4, -0.2) is 15.3 Å². The molecule has 2 rings (SSSR count). The Hall–Kier alpha value is -2.00. The summed E-state index contributed by atoms with van der Waals surface area (Å²) in [5.41, 5.74) is -2.03. The Morgan fingerprint density at radius 2 is 1.91 bits per heavy atom. The zero-order valence-electron chi connectivity index (χ0n) is 12.6. The molecular weight excluding hydrogens is 293 g/mol. The Labute approximate surface area is 126 Å². The Morgan fingerprint density at radius 1 is 1.27 bits per heavy atom. The van der Waals surface area contributed by atoms with Crippen LogP contribution in [0, 0.1) is 11.3 Å². The normalized spacial score (nSPS) is 14.1. The van der Waals surface area contributed by atoms with Crippen molar-refractivity contribution in [3.8, 4) is 6.07 Å². The molecule has 0 aliphatic carbocycles. The van der Waals surface area contributed by atoms with Gasteiger partial charge in [-0.3, -0.25) is 0 Å². The van der Waals surface area contributed by atoms with E-state index < -0.39 is 22.9 Å². The molecule has 3 nitrogen and oxygen atoms in total. The maximum absolute atomic E-state index is 13.3. The molecule has 0 saturated carbocycles. The van der Waals surface area contributed by atoms with E-state index in [4.69, 9.17) is 5.26 Å². The highest BCUT2D eigenvalue weighted by molar-refractivity contribution is 5.86. The number of fused-ring (bicyclic) bond motifs is 1. The average molecular weight is 310 g/mol. The maximum atomic E-state index is 13.3. The zero-order chi connectivity index (χ0) is 16.7. The molecule has 0 spiro atoms. The van der Waals surface area contributed by atoms with Crippen LogP contribution in [0.15, 0.2) is 24.4 Å². The highest BCUT2D eigenvalue weighted by Crippen LogP contribution is 2.39. The number of aromatic nitrogens is 1. The van der Waals surface area contributed by atoms with Gasteiger partial charge in [-0.25, -0.2) is 0 Å². The van der Waals surface area contributed by atoms with Gasteiger partial charge in [0.25, 0.3) is 0 Å². The molecule has 0 bridgehead atoms. The molecule has 1 aromatic heterocycles. The number of aliphatic hydroxyl groups is 1. The number of rotatable bonds is 3. The summed E-state index contributed by atoms with van der Waals surface area (Å²) in [6.07, 6.45) is -2.50. The minimum absolute atomic E-state index is 0.0192. The van der Waals surface area contributed by atoms with Crippen molar-refractivity contribution in [2.24, 2.45) is 0 Å². The third-order valence-electron chi connectivity index (χ3n) is 3.84. The third kappa shape index (κ3) is 2.69. The number of alkyl halides is 3. The van der Waals surface area contributed by atoms with Crippen LogP contribution in [0.25, 0.3) is 10.9 Å². The zero-order valence-corrected chi connectivity index (χ0v) is 12.6. The smallest absolute Gasteiger partial charge is 0.388 e. The average Bonchev–Trinajstić information content (AvgIpc) is 2.79. The first kappa shape index (κ1) is 16.4. The monoisotopic (exact) mass is 310 g/mol. The van der Waals surface area contributed by atoms with Crippen molar-refractivity contribution in [1.82, 2.24) is 4.57 Å². The number of hydrogen-bond acceptors (Lipinski definition) is 2. The lowest BCUT2D eigenvalue weighted by Crippen LogP contribution is -2.32. The quantitative estimate of drug-likeness (QED) is 0.921. The third-order valence-corrected chi connectivity index (χ3v) is 3.84. The van der Waals surface area contributed by atoms with E-state index in [0.29, 0.717) is 11.9 Å². The van der Waals surface area contributed by atoms with E-state index in [1.807, 2.05) is 6.92 Å². The maximum Gasteiger partial charge on any atom is 0.418 e. The van der Waals surface area contributed by atoms with E-state index in [1.165, 1.54) is 24.4 Å². The standard InChI is InChI=1S/C16H17F3N2O/c1-4-13(15(2,3)22)21-8-7-11-12(21)6-5-10(9-20)14(11)16(17,18)19/h5-8,13,22H,4H2,1-3H3. The second-order valence-electron chi connectivity index (χ2n) is 5.83. The van der Waals surface area contributed by atoms with Crippen molar-refractivity contribution in [2.75, 3.05) is 0 Å². The summed E-state index contributed by atoms with van der Waals surface area (Å²) in [5.74, 6) is 0. The lowest BCUT2D eigenvalue weighted by Gasteiger charge is -2.30. The molecule has 1 aromatic carbocycles. The van der Waals surface area contributed by atoms with Crippen molar-refractivity contribution in [3.05, 3.63) is 35.5 Å². The predicted octanol–water partition coefficient (Wildman–Crippen LogP) is 4.25. The lowest BCUT2D eigenvalue weighted by molar-refractivity contribution is -0.136. The van der Waals surface area contributed by atoms with E-state index in [0.717, 1.165) is 0 Å². The molecule has 0 fully saturated rings. The highest BCUT2D eigenvalue weighted by Gasteiger charge is 2.37. The van der Waals surface area contributed by atoms with Crippen LogP contribution in [0.1, 0.15) is 44.4 Å². The van der Waals surface area contributed by atoms with E-state index in [1.54, 1.807) is 24.5 Å². The molecule has 0 aliphatic heterocycles. The summed E-state index contributed by atoms with van der Waals surface area (Å²) in [5, 5.41) is 19.2. The number of hydrogen-bond donors (Lipinski definition) is 1. The number of halogens is 3. The van der Waals surface area contributed by atoms with Crippen molar-refractivity contribution < 1.29 is 18.3 Å². The first-order valence-electron chi connectivity index (χ1n) is 6.94. The Balaban J connectivity index is 2.77. The van der Waals surface area contributed by atoms with Gasteiger partial charge in [-0.15, -0.1) is 0 Å². The van der Waals surface area contributed by atoms with Gasteiger partial charge in [0.15, 0.2) is 0 Å². The van der Waals surface area contributed by atoms with Gasteiger partial charge >= 0.3 is 6.18 Å². The van der Waals surface area contributed by atoms with Crippen LogP contribution in [0.5, 0.6) is 0 Å². The fourth-order valence-corrected chi connectivity index (χ4v) is 2.94. The van der Waals surface area contributed by atoms with E-state index in [9.17, 15) is 18.3 Å². The fourth-order valence-electron chi connectivity index (χ4n) is 2.94. The van der Waals surface area contributed by atoms with Crippen molar-refractivity contribution in [2.45, 2.75) is 45.0 Å². The topological polar surface area (TPSA) is 49.0 Å². The Bertz CT molecular complexity index is 733.